The van der Waals surface area contributed by atoms with E-state index in [9.17, 15) is 4.79 Å². The Morgan fingerprint density at radius 2 is 2.00 bits per heavy atom. The van der Waals surface area contributed by atoms with Crippen LogP contribution in [0.15, 0.2) is 61.2 Å². The summed E-state index contributed by atoms with van der Waals surface area (Å²) in [6.45, 7) is -0.00526. The molecule has 0 fully saturated rings. The Hall–Kier alpha value is -2.62. The quantitative estimate of drug-likeness (QED) is 0.720. The smallest absolute Gasteiger partial charge is 0.269 e. The van der Waals surface area contributed by atoms with E-state index in [0.29, 0.717) is 5.75 Å². The molecule has 0 aliphatic heterocycles. The molecular weight excluding hydrogens is 240 g/mol. The van der Waals surface area contributed by atoms with Crippen LogP contribution in [0.25, 0.3) is 10.8 Å². The van der Waals surface area contributed by atoms with Gasteiger partial charge >= 0.3 is 0 Å². The van der Waals surface area contributed by atoms with Crippen molar-refractivity contribution in [2.45, 2.75) is 0 Å². The summed E-state index contributed by atoms with van der Waals surface area (Å²) in [6.07, 6.45) is 4.63. The van der Waals surface area contributed by atoms with Crippen molar-refractivity contribution >= 4 is 16.7 Å². The maximum atomic E-state index is 11.7. The van der Waals surface area contributed by atoms with Crippen LogP contribution in [0, 0.1) is 0 Å². The van der Waals surface area contributed by atoms with Gasteiger partial charge < -0.3 is 4.74 Å². The summed E-state index contributed by atoms with van der Waals surface area (Å²) < 4.78 is 6.91. The van der Waals surface area contributed by atoms with Gasteiger partial charge in [-0.15, -0.1) is 0 Å². The molecule has 3 aromatic rings. The minimum Gasteiger partial charge on any atom is -0.484 e. The molecule has 19 heavy (non-hydrogen) atoms. The summed E-state index contributed by atoms with van der Waals surface area (Å²) >= 11 is 0. The average Bonchev–Trinajstić information content (AvgIpc) is 2.99. The number of fused-ring (bicyclic) bond motifs is 1. The van der Waals surface area contributed by atoms with Crippen molar-refractivity contribution in [1.29, 1.82) is 0 Å². The van der Waals surface area contributed by atoms with Gasteiger partial charge in [-0.1, -0.05) is 30.3 Å². The van der Waals surface area contributed by atoms with Crippen molar-refractivity contribution in [3.8, 4) is 5.75 Å². The molecule has 2 aromatic carbocycles. The molecular formula is C15H12N2O2. The van der Waals surface area contributed by atoms with E-state index >= 15 is 0 Å². The number of hydrogen-bond acceptors (Lipinski definition) is 3. The number of benzene rings is 2. The molecule has 0 saturated carbocycles. The molecule has 0 spiro atoms. The molecule has 0 amide bonds. The Labute approximate surface area is 110 Å². The Morgan fingerprint density at radius 1 is 1.16 bits per heavy atom. The van der Waals surface area contributed by atoms with E-state index in [4.69, 9.17) is 4.74 Å². The topological polar surface area (TPSA) is 44.1 Å². The van der Waals surface area contributed by atoms with E-state index in [1.807, 2.05) is 42.5 Å². The lowest BCUT2D eigenvalue weighted by atomic mass is 10.1. The van der Waals surface area contributed by atoms with E-state index < -0.39 is 0 Å². The third kappa shape index (κ3) is 2.47. The van der Waals surface area contributed by atoms with Crippen molar-refractivity contribution in [3.63, 3.8) is 0 Å². The van der Waals surface area contributed by atoms with Crippen LogP contribution in [0.2, 0.25) is 0 Å². The first kappa shape index (κ1) is 11.5. The number of aromatic nitrogens is 2. The van der Waals surface area contributed by atoms with Crippen molar-refractivity contribution < 1.29 is 9.53 Å². The van der Waals surface area contributed by atoms with Crippen molar-refractivity contribution in [3.05, 3.63) is 61.2 Å². The van der Waals surface area contributed by atoms with Gasteiger partial charge in [-0.3, -0.25) is 9.36 Å². The predicted octanol–water partition coefficient (Wildman–Crippen LogP) is 2.76. The first-order valence-corrected chi connectivity index (χ1v) is 5.96. The Bertz CT molecular complexity index is 705. The van der Waals surface area contributed by atoms with Gasteiger partial charge in [0.2, 0.25) is 0 Å². The summed E-state index contributed by atoms with van der Waals surface area (Å²) in [4.78, 5) is 15.6. The second-order valence-electron chi connectivity index (χ2n) is 4.16. The van der Waals surface area contributed by atoms with Gasteiger partial charge in [0.15, 0.2) is 6.61 Å². The second kappa shape index (κ2) is 4.94. The summed E-state index contributed by atoms with van der Waals surface area (Å²) in [5, 5.41) is 2.24. The molecule has 0 radical (unpaired) electrons. The standard InChI is InChI=1S/C15H12N2O2/c18-15(17-8-7-16-11-17)10-19-14-6-5-12-3-1-2-4-13(12)9-14/h1-9,11H,10H2. The molecule has 1 aromatic heterocycles. The van der Waals surface area contributed by atoms with Crippen LogP contribution in [-0.2, 0) is 0 Å². The van der Waals surface area contributed by atoms with E-state index in [1.54, 1.807) is 12.4 Å². The first-order valence-electron chi connectivity index (χ1n) is 5.96. The zero-order chi connectivity index (χ0) is 13.1. The molecule has 0 N–H and O–H groups in total. The fourth-order valence-corrected chi connectivity index (χ4v) is 1.88. The fourth-order valence-electron chi connectivity index (χ4n) is 1.88. The summed E-state index contributed by atoms with van der Waals surface area (Å²) in [6, 6.07) is 13.8. The molecule has 0 unspecified atom stereocenters. The van der Waals surface area contributed by atoms with Crippen LogP contribution in [0.1, 0.15) is 4.79 Å². The monoisotopic (exact) mass is 252 g/mol. The van der Waals surface area contributed by atoms with E-state index in [-0.39, 0.29) is 12.5 Å². The average molecular weight is 252 g/mol. The SMILES string of the molecule is O=C(COc1ccc2ccccc2c1)n1ccnc1. The minimum absolute atomic E-state index is 0.00526. The molecule has 0 saturated heterocycles. The molecule has 94 valence electrons. The highest BCUT2D eigenvalue weighted by Crippen LogP contribution is 2.20. The first-order chi connectivity index (χ1) is 9.33. The zero-order valence-corrected chi connectivity index (χ0v) is 10.2. The number of nitrogens with zero attached hydrogens (tertiary/aromatic N) is 2. The van der Waals surface area contributed by atoms with Gasteiger partial charge in [-0.25, -0.2) is 4.98 Å². The molecule has 0 aliphatic carbocycles. The lowest BCUT2D eigenvalue weighted by molar-refractivity contribution is 0.0837. The maximum Gasteiger partial charge on any atom is 0.269 e. The highest BCUT2D eigenvalue weighted by Gasteiger charge is 2.05. The van der Waals surface area contributed by atoms with Gasteiger partial charge in [0, 0.05) is 12.4 Å². The van der Waals surface area contributed by atoms with Crippen molar-refractivity contribution in [1.82, 2.24) is 9.55 Å². The van der Waals surface area contributed by atoms with Crippen LogP contribution in [0.3, 0.4) is 0 Å². The molecule has 1 heterocycles. The van der Waals surface area contributed by atoms with Gasteiger partial charge in [0.1, 0.15) is 12.1 Å². The largest absolute Gasteiger partial charge is 0.484 e. The highest BCUT2D eigenvalue weighted by atomic mass is 16.5. The molecule has 0 bridgehead atoms. The third-order valence-corrected chi connectivity index (χ3v) is 2.88. The highest BCUT2D eigenvalue weighted by molar-refractivity contribution is 5.84. The number of rotatable bonds is 3. The van der Waals surface area contributed by atoms with Crippen LogP contribution < -0.4 is 4.74 Å². The lowest BCUT2D eigenvalue weighted by Gasteiger charge is -2.06. The minimum atomic E-state index is -0.148. The third-order valence-electron chi connectivity index (χ3n) is 2.88. The second-order valence-corrected chi connectivity index (χ2v) is 4.16. The summed E-state index contributed by atoms with van der Waals surface area (Å²) in [5.41, 5.74) is 0. The molecule has 0 aliphatic rings. The van der Waals surface area contributed by atoms with Gasteiger partial charge in [-0.2, -0.15) is 0 Å². The number of carbonyl (C=O) groups excluding carboxylic acids is 1. The molecule has 4 heteroatoms. The van der Waals surface area contributed by atoms with Gasteiger partial charge in [-0.05, 0) is 22.9 Å². The van der Waals surface area contributed by atoms with Gasteiger partial charge in [0.05, 0.1) is 0 Å². The fraction of sp³-hybridized carbons (Fsp3) is 0.0667. The molecule has 0 atom stereocenters. The number of carbonyl (C=O) groups is 1. The number of imidazole rings is 1. The maximum absolute atomic E-state index is 11.7. The zero-order valence-electron chi connectivity index (χ0n) is 10.2. The summed E-state index contributed by atoms with van der Waals surface area (Å²) in [5.74, 6) is 0.540. The van der Waals surface area contributed by atoms with Crippen LogP contribution in [0.4, 0.5) is 0 Å². The van der Waals surface area contributed by atoms with Crippen LogP contribution in [-0.4, -0.2) is 22.1 Å². The summed E-state index contributed by atoms with van der Waals surface area (Å²) in [7, 11) is 0. The molecule has 3 rings (SSSR count). The Kier molecular flexibility index (Phi) is 2.98. The van der Waals surface area contributed by atoms with Crippen LogP contribution in [0.5, 0.6) is 5.75 Å². The Morgan fingerprint density at radius 3 is 2.79 bits per heavy atom. The van der Waals surface area contributed by atoms with E-state index in [2.05, 4.69) is 4.98 Å². The number of ether oxygens (including phenoxy) is 1. The van der Waals surface area contributed by atoms with Crippen molar-refractivity contribution in [2.24, 2.45) is 0 Å². The normalized spacial score (nSPS) is 10.5. The Balaban J connectivity index is 1.73. The lowest BCUT2D eigenvalue weighted by Crippen LogP contribution is -2.17. The number of hydrogen-bond donors (Lipinski definition) is 0. The molecule has 4 nitrogen and oxygen atoms in total. The van der Waals surface area contributed by atoms with E-state index in [0.717, 1.165) is 10.8 Å². The predicted molar refractivity (Wildman–Crippen MR) is 72.3 cm³/mol. The van der Waals surface area contributed by atoms with Gasteiger partial charge in [0.25, 0.3) is 5.91 Å². The van der Waals surface area contributed by atoms with Crippen LogP contribution >= 0.6 is 0 Å². The van der Waals surface area contributed by atoms with E-state index in [1.165, 1.54) is 10.9 Å². The van der Waals surface area contributed by atoms with Crippen molar-refractivity contribution in [2.75, 3.05) is 6.61 Å².